The lowest BCUT2D eigenvalue weighted by molar-refractivity contribution is -0.116. The Kier molecular flexibility index (Phi) is 4.15. The molecule has 0 unspecified atom stereocenters. The summed E-state index contributed by atoms with van der Waals surface area (Å²) in [4.78, 5) is 12.1. The SMILES string of the molecule is O=C(CCc1cccc(F)c1)Nc1cccc2ccccc12. The molecule has 0 heterocycles. The lowest BCUT2D eigenvalue weighted by atomic mass is 10.1. The third-order valence-corrected chi connectivity index (χ3v) is 3.59. The van der Waals surface area contributed by atoms with Gasteiger partial charge in [0.1, 0.15) is 5.82 Å². The largest absolute Gasteiger partial charge is 0.326 e. The predicted octanol–water partition coefficient (Wildman–Crippen LogP) is 4.55. The molecular weight excluding hydrogens is 277 g/mol. The van der Waals surface area contributed by atoms with Gasteiger partial charge in [0, 0.05) is 17.5 Å². The van der Waals surface area contributed by atoms with Crippen molar-refractivity contribution >= 4 is 22.4 Å². The zero-order valence-corrected chi connectivity index (χ0v) is 12.1. The summed E-state index contributed by atoms with van der Waals surface area (Å²) in [5.74, 6) is -0.340. The maximum atomic E-state index is 13.1. The van der Waals surface area contributed by atoms with E-state index < -0.39 is 0 Å². The van der Waals surface area contributed by atoms with Crippen molar-refractivity contribution in [2.45, 2.75) is 12.8 Å². The van der Waals surface area contributed by atoms with E-state index in [4.69, 9.17) is 0 Å². The predicted molar refractivity (Wildman–Crippen MR) is 87.3 cm³/mol. The Morgan fingerprint density at radius 2 is 1.73 bits per heavy atom. The number of anilines is 1. The van der Waals surface area contributed by atoms with Gasteiger partial charge in [0.2, 0.25) is 5.91 Å². The number of carbonyl (C=O) groups excluding carboxylic acids is 1. The van der Waals surface area contributed by atoms with Gasteiger partial charge >= 0.3 is 0 Å². The second-order valence-corrected chi connectivity index (χ2v) is 5.20. The van der Waals surface area contributed by atoms with Gasteiger partial charge in [-0.3, -0.25) is 4.79 Å². The molecule has 0 saturated heterocycles. The maximum Gasteiger partial charge on any atom is 0.224 e. The number of carbonyl (C=O) groups is 1. The Morgan fingerprint density at radius 3 is 2.59 bits per heavy atom. The molecule has 2 nitrogen and oxygen atoms in total. The van der Waals surface area contributed by atoms with Gasteiger partial charge in [0.15, 0.2) is 0 Å². The highest BCUT2D eigenvalue weighted by atomic mass is 19.1. The third kappa shape index (κ3) is 3.31. The normalized spacial score (nSPS) is 10.6. The van der Waals surface area contributed by atoms with Crippen LogP contribution in [0.5, 0.6) is 0 Å². The fraction of sp³-hybridized carbons (Fsp3) is 0.105. The van der Waals surface area contributed by atoms with Crippen molar-refractivity contribution in [1.29, 1.82) is 0 Å². The van der Waals surface area contributed by atoms with Crippen molar-refractivity contribution in [3.8, 4) is 0 Å². The van der Waals surface area contributed by atoms with Crippen LogP contribution in [0.3, 0.4) is 0 Å². The van der Waals surface area contributed by atoms with Gasteiger partial charge in [0.25, 0.3) is 0 Å². The minimum atomic E-state index is -0.271. The van der Waals surface area contributed by atoms with Crippen molar-refractivity contribution in [1.82, 2.24) is 0 Å². The number of aryl methyl sites for hydroxylation is 1. The number of amides is 1. The Morgan fingerprint density at radius 1 is 0.955 bits per heavy atom. The number of hydrogen-bond donors (Lipinski definition) is 1. The molecule has 0 fully saturated rings. The molecule has 110 valence electrons. The van der Waals surface area contributed by atoms with Crippen LogP contribution < -0.4 is 5.32 Å². The van der Waals surface area contributed by atoms with E-state index in [0.29, 0.717) is 12.8 Å². The van der Waals surface area contributed by atoms with Crippen molar-refractivity contribution in [3.63, 3.8) is 0 Å². The summed E-state index contributed by atoms with van der Waals surface area (Å²) >= 11 is 0. The second-order valence-electron chi connectivity index (χ2n) is 5.20. The van der Waals surface area contributed by atoms with Crippen LogP contribution in [0.4, 0.5) is 10.1 Å². The molecule has 0 radical (unpaired) electrons. The van der Waals surface area contributed by atoms with Crippen LogP contribution in [-0.4, -0.2) is 5.91 Å². The molecular formula is C19H16FNO. The number of fused-ring (bicyclic) bond motifs is 1. The molecule has 22 heavy (non-hydrogen) atoms. The molecule has 0 spiro atoms. The van der Waals surface area contributed by atoms with E-state index in [2.05, 4.69) is 5.32 Å². The number of nitrogens with one attached hydrogen (secondary N) is 1. The number of hydrogen-bond acceptors (Lipinski definition) is 1. The molecule has 0 aliphatic rings. The standard InChI is InChI=1S/C19H16FNO/c20-16-8-3-5-14(13-16)11-12-19(22)21-18-10-4-7-15-6-1-2-9-17(15)18/h1-10,13H,11-12H2,(H,21,22). The molecule has 3 aromatic rings. The summed E-state index contributed by atoms with van der Waals surface area (Å²) < 4.78 is 13.1. The topological polar surface area (TPSA) is 29.1 Å². The second kappa shape index (κ2) is 6.39. The molecule has 1 N–H and O–H groups in total. The lowest BCUT2D eigenvalue weighted by Gasteiger charge is -2.09. The highest BCUT2D eigenvalue weighted by Gasteiger charge is 2.06. The van der Waals surface area contributed by atoms with Crippen molar-refractivity contribution in [3.05, 3.63) is 78.1 Å². The average Bonchev–Trinajstić information content (AvgIpc) is 2.53. The summed E-state index contributed by atoms with van der Waals surface area (Å²) in [5, 5.41) is 5.04. The van der Waals surface area contributed by atoms with Crippen molar-refractivity contribution in [2.24, 2.45) is 0 Å². The van der Waals surface area contributed by atoms with E-state index in [1.165, 1.54) is 12.1 Å². The Hall–Kier alpha value is -2.68. The highest BCUT2D eigenvalue weighted by Crippen LogP contribution is 2.23. The minimum absolute atomic E-state index is 0.0689. The molecule has 1 amide bonds. The van der Waals surface area contributed by atoms with E-state index in [1.54, 1.807) is 6.07 Å². The first-order chi connectivity index (χ1) is 10.7. The third-order valence-electron chi connectivity index (χ3n) is 3.59. The molecule has 3 heteroatoms. The van der Waals surface area contributed by atoms with Crippen LogP contribution in [-0.2, 0) is 11.2 Å². The van der Waals surface area contributed by atoms with E-state index in [9.17, 15) is 9.18 Å². The fourth-order valence-electron chi connectivity index (χ4n) is 2.50. The smallest absolute Gasteiger partial charge is 0.224 e. The first kappa shape index (κ1) is 14.3. The summed E-state index contributed by atoms with van der Waals surface area (Å²) in [6.45, 7) is 0. The molecule has 0 aromatic heterocycles. The van der Waals surface area contributed by atoms with Crippen molar-refractivity contribution in [2.75, 3.05) is 5.32 Å². The number of rotatable bonds is 4. The fourth-order valence-corrected chi connectivity index (χ4v) is 2.50. The van der Waals surface area contributed by atoms with E-state index >= 15 is 0 Å². The van der Waals surface area contributed by atoms with Gasteiger partial charge in [-0.15, -0.1) is 0 Å². The molecule has 0 aliphatic heterocycles. The van der Waals surface area contributed by atoms with Gasteiger partial charge in [-0.25, -0.2) is 4.39 Å². The Labute approximate surface area is 128 Å². The van der Waals surface area contributed by atoms with E-state index in [0.717, 1.165) is 22.0 Å². The zero-order valence-electron chi connectivity index (χ0n) is 12.1. The van der Waals surface area contributed by atoms with E-state index in [1.807, 2.05) is 48.5 Å². The van der Waals surface area contributed by atoms with Crippen LogP contribution in [0.1, 0.15) is 12.0 Å². The number of benzene rings is 3. The molecule has 0 atom stereocenters. The van der Waals surface area contributed by atoms with Gasteiger partial charge < -0.3 is 5.32 Å². The van der Waals surface area contributed by atoms with Crippen LogP contribution >= 0.6 is 0 Å². The van der Waals surface area contributed by atoms with Crippen LogP contribution in [0.15, 0.2) is 66.7 Å². The molecule has 3 rings (SSSR count). The first-order valence-electron chi connectivity index (χ1n) is 7.24. The molecule has 0 aliphatic carbocycles. The van der Waals surface area contributed by atoms with Crippen molar-refractivity contribution < 1.29 is 9.18 Å². The van der Waals surface area contributed by atoms with Crippen LogP contribution in [0.2, 0.25) is 0 Å². The lowest BCUT2D eigenvalue weighted by Crippen LogP contribution is -2.12. The quantitative estimate of drug-likeness (QED) is 0.751. The summed E-state index contributed by atoms with van der Waals surface area (Å²) in [6, 6.07) is 20.1. The zero-order chi connectivity index (χ0) is 15.4. The summed E-state index contributed by atoms with van der Waals surface area (Å²) in [7, 11) is 0. The number of halogens is 1. The maximum absolute atomic E-state index is 13.1. The van der Waals surface area contributed by atoms with Crippen LogP contribution in [0.25, 0.3) is 10.8 Å². The average molecular weight is 293 g/mol. The van der Waals surface area contributed by atoms with Crippen LogP contribution in [0, 0.1) is 5.82 Å². The Bertz CT molecular complexity index is 808. The van der Waals surface area contributed by atoms with Gasteiger partial charge in [-0.2, -0.15) is 0 Å². The van der Waals surface area contributed by atoms with Gasteiger partial charge in [-0.1, -0.05) is 48.5 Å². The monoisotopic (exact) mass is 293 g/mol. The van der Waals surface area contributed by atoms with Gasteiger partial charge in [-0.05, 0) is 35.6 Å². The summed E-state index contributed by atoms with van der Waals surface area (Å²) in [6.07, 6.45) is 0.848. The van der Waals surface area contributed by atoms with Gasteiger partial charge in [0.05, 0.1) is 0 Å². The first-order valence-corrected chi connectivity index (χ1v) is 7.24. The molecule has 0 saturated carbocycles. The highest BCUT2D eigenvalue weighted by molar-refractivity contribution is 6.02. The van der Waals surface area contributed by atoms with E-state index in [-0.39, 0.29) is 11.7 Å². The molecule has 3 aromatic carbocycles. The Balaban J connectivity index is 1.68. The minimum Gasteiger partial charge on any atom is -0.326 e. The molecule has 0 bridgehead atoms. The summed E-state index contributed by atoms with van der Waals surface area (Å²) in [5.41, 5.74) is 1.63.